The summed E-state index contributed by atoms with van der Waals surface area (Å²) in [5.74, 6) is 0.0787. The molecule has 15 heavy (non-hydrogen) atoms. The van der Waals surface area contributed by atoms with E-state index in [9.17, 15) is 4.79 Å². The van der Waals surface area contributed by atoms with Crippen molar-refractivity contribution in [3.8, 4) is 0 Å². The van der Waals surface area contributed by atoms with Crippen LogP contribution < -0.4 is 5.73 Å². The van der Waals surface area contributed by atoms with Gasteiger partial charge in [-0.3, -0.25) is 4.79 Å². The van der Waals surface area contributed by atoms with Crippen LogP contribution in [0.2, 0.25) is 0 Å². The van der Waals surface area contributed by atoms with Crippen molar-refractivity contribution in [1.29, 1.82) is 0 Å². The lowest BCUT2D eigenvalue weighted by atomic mass is 9.86. The zero-order valence-corrected chi connectivity index (χ0v) is 10.2. The Hall–Kier alpha value is -0.830. The highest BCUT2D eigenvalue weighted by molar-refractivity contribution is 5.82. The lowest BCUT2D eigenvalue weighted by Gasteiger charge is -2.33. The third-order valence-electron chi connectivity index (χ3n) is 2.84. The number of carbonyl (C=O) groups is 1. The topological polar surface area (TPSA) is 46.3 Å². The first-order chi connectivity index (χ1) is 6.82. The highest BCUT2D eigenvalue weighted by Crippen LogP contribution is 2.20. The minimum Gasteiger partial charge on any atom is -0.337 e. The lowest BCUT2D eigenvalue weighted by Crippen LogP contribution is -2.51. The second-order valence-corrected chi connectivity index (χ2v) is 5.44. The van der Waals surface area contributed by atoms with E-state index in [1.54, 1.807) is 0 Å². The summed E-state index contributed by atoms with van der Waals surface area (Å²) in [6.07, 6.45) is 3.14. The summed E-state index contributed by atoms with van der Waals surface area (Å²) in [5, 5.41) is 0. The molecular formula is C12H22N2O. The van der Waals surface area contributed by atoms with Crippen molar-refractivity contribution in [1.82, 2.24) is 4.90 Å². The molecule has 0 radical (unpaired) electrons. The molecule has 2 N–H and O–H groups in total. The Morgan fingerprint density at radius 3 is 2.60 bits per heavy atom. The van der Waals surface area contributed by atoms with E-state index >= 15 is 0 Å². The summed E-state index contributed by atoms with van der Waals surface area (Å²) in [6.45, 7) is 9.61. The van der Waals surface area contributed by atoms with E-state index in [-0.39, 0.29) is 11.3 Å². The molecule has 0 unspecified atom stereocenters. The van der Waals surface area contributed by atoms with Crippen molar-refractivity contribution in [2.45, 2.75) is 40.2 Å². The fraction of sp³-hybridized carbons (Fsp3) is 0.750. The molecule has 1 atom stereocenters. The van der Waals surface area contributed by atoms with Gasteiger partial charge in [0.1, 0.15) is 0 Å². The van der Waals surface area contributed by atoms with Crippen LogP contribution in [0.3, 0.4) is 0 Å². The second-order valence-electron chi connectivity index (χ2n) is 5.44. The number of nitrogens with two attached hydrogens (primary N) is 1. The van der Waals surface area contributed by atoms with Gasteiger partial charge in [0.05, 0.1) is 6.04 Å². The van der Waals surface area contributed by atoms with E-state index < -0.39 is 6.04 Å². The molecule has 0 aromatic heterocycles. The molecule has 1 aliphatic heterocycles. The Morgan fingerprint density at radius 2 is 2.13 bits per heavy atom. The lowest BCUT2D eigenvalue weighted by molar-refractivity contribution is -0.134. The first-order valence-electron chi connectivity index (χ1n) is 5.52. The van der Waals surface area contributed by atoms with Gasteiger partial charge in [-0.05, 0) is 18.8 Å². The molecule has 0 aromatic rings. The summed E-state index contributed by atoms with van der Waals surface area (Å²) in [5.41, 5.74) is 7.06. The van der Waals surface area contributed by atoms with Gasteiger partial charge in [0, 0.05) is 13.1 Å². The van der Waals surface area contributed by atoms with Gasteiger partial charge in [-0.15, -0.1) is 0 Å². The largest absolute Gasteiger partial charge is 0.337 e. The molecule has 0 fully saturated rings. The van der Waals surface area contributed by atoms with Gasteiger partial charge in [0.25, 0.3) is 0 Å². The van der Waals surface area contributed by atoms with Crippen LogP contribution in [0.4, 0.5) is 0 Å². The first-order valence-corrected chi connectivity index (χ1v) is 5.52. The van der Waals surface area contributed by atoms with Crippen molar-refractivity contribution in [3.05, 3.63) is 11.6 Å². The molecule has 0 aromatic carbocycles. The Bertz CT molecular complexity index is 276. The maximum atomic E-state index is 12.1. The highest BCUT2D eigenvalue weighted by Gasteiger charge is 2.31. The third-order valence-corrected chi connectivity index (χ3v) is 2.84. The molecule has 1 rings (SSSR count). The molecule has 3 nitrogen and oxygen atoms in total. The number of amides is 1. The first kappa shape index (κ1) is 12.2. The fourth-order valence-electron chi connectivity index (χ4n) is 1.67. The van der Waals surface area contributed by atoms with Crippen LogP contribution in [0, 0.1) is 5.41 Å². The SMILES string of the molecule is CC1=CCCN(C(=O)[C@@H](N)C(C)(C)C)C1. The molecule has 0 spiro atoms. The van der Waals surface area contributed by atoms with Gasteiger partial charge in [-0.25, -0.2) is 0 Å². The van der Waals surface area contributed by atoms with Crippen LogP contribution in [0.15, 0.2) is 11.6 Å². The van der Waals surface area contributed by atoms with E-state index in [4.69, 9.17) is 5.73 Å². The molecule has 3 heteroatoms. The third kappa shape index (κ3) is 3.06. The van der Waals surface area contributed by atoms with Crippen LogP contribution in [0.25, 0.3) is 0 Å². The van der Waals surface area contributed by atoms with Crippen LogP contribution in [-0.4, -0.2) is 29.9 Å². The van der Waals surface area contributed by atoms with Crippen LogP contribution in [0.5, 0.6) is 0 Å². The van der Waals surface area contributed by atoms with Gasteiger partial charge in [-0.2, -0.15) is 0 Å². The average Bonchev–Trinajstić information content (AvgIpc) is 2.14. The van der Waals surface area contributed by atoms with Gasteiger partial charge in [-0.1, -0.05) is 32.4 Å². The quantitative estimate of drug-likeness (QED) is 0.667. The molecule has 1 heterocycles. The number of hydrogen-bond acceptors (Lipinski definition) is 2. The van der Waals surface area contributed by atoms with E-state index in [1.807, 2.05) is 25.7 Å². The van der Waals surface area contributed by atoms with E-state index in [1.165, 1.54) is 5.57 Å². The van der Waals surface area contributed by atoms with Gasteiger partial charge in [0.2, 0.25) is 5.91 Å². The molecule has 1 amide bonds. The van der Waals surface area contributed by atoms with Crippen molar-refractivity contribution >= 4 is 5.91 Å². The Morgan fingerprint density at radius 1 is 1.53 bits per heavy atom. The predicted molar refractivity (Wildman–Crippen MR) is 62.4 cm³/mol. The summed E-state index contributed by atoms with van der Waals surface area (Å²) in [7, 11) is 0. The number of rotatable bonds is 1. The summed E-state index contributed by atoms with van der Waals surface area (Å²) in [6, 6.07) is -0.400. The Kier molecular flexibility index (Phi) is 3.55. The Balaban J connectivity index is 2.66. The maximum absolute atomic E-state index is 12.1. The van der Waals surface area contributed by atoms with Gasteiger partial charge in [0.15, 0.2) is 0 Å². The summed E-state index contributed by atoms with van der Waals surface area (Å²) < 4.78 is 0. The van der Waals surface area contributed by atoms with E-state index in [0.717, 1.165) is 19.5 Å². The minimum atomic E-state index is -0.400. The van der Waals surface area contributed by atoms with Gasteiger partial charge >= 0.3 is 0 Å². The second kappa shape index (κ2) is 4.35. The minimum absolute atomic E-state index is 0.0787. The predicted octanol–water partition coefficient (Wildman–Crippen LogP) is 1.54. The summed E-state index contributed by atoms with van der Waals surface area (Å²) in [4.78, 5) is 13.9. The monoisotopic (exact) mass is 210 g/mol. The van der Waals surface area contributed by atoms with Gasteiger partial charge < -0.3 is 10.6 Å². The molecule has 86 valence electrons. The highest BCUT2D eigenvalue weighted by atomic mass is 16.2. The molecule has 0 bridgehead atoms. The van der Waals surface area contributed by atoms with Crippen molar-refractivity contribution in [3.63, 3.8) is 0 Å². The standard InChI is InChI=1S/C12H22N2O/c1-9-6-5-7-14(8-9)11(15)10(13)12(2,3)4/h6,10H,5,7-8,13H2,1-4H3/t10-/m1/s1. The zero-order chi connectivity index (χ0) is 11.6. The Labute approximate surface area is 92.3 Å². The van der Waals surface area contributed by atoms with Crippen molar-refractivity contribution in [2.24, 2.45) is 11.1 Å². The number of hydrogen-bond donors (Lipinski definition) is 1. The maximum Gasteiger partial charge on any atom is 0.240 e. The average molecular weight is 210 g/mol. The molecular weight excluding hydrogens is 188 g/mol. The molecule has 0 saturated heterocycles. The number of carbonyl (C=O) groups excluding carboxylic acids is 1. The van der Waals surface area contributed by atoms with Crippen molar-refractivity contribution < 1.29 is 4.79 Å². The summed E-state index contributed by atoms with van der Waals surface area (Å²) >= 11 is 0. The van der Waals surface area contributed by atoms with Crippen LogP contribution in [0.1, 0.15) is 34.1 Å². The molecule has 0 aliphatic carbocycles. The van der Waals surface area contributed by atoms with Crippen LogP contribution >= 0.6 is 0 Å². The fourth-order valence-corrected chi connectivity index (χ4v) is 1.67. The number of nitrogens with zero attached hydrogens (tertiary/aromatic N) is 1. The van der Waals surface area contributed by atoms with Crippen molar-refractivity contribution in [2.75, 3.05) is 13.1 Å². The molecule has 0 saturated carbocycles. The van der Waals surface area contributed by atoms with E-state index in [0.29, 0.717) is 0 Å². The zero-order valence-electron chi connectivity index (χ0n) is 10.2. The normalized spacial score (nSPS) is 19.8. The van der Waals surface area contributed by atoms with E-state index in [2.05, 4.69) is 13.0 Å². The smallest absolute Gasteiger partial charge is 0.240 e. The van der Waals surface area contributed by atoms with Crippen LogP contribution in [-0.2, 0) is 4.79 Å². The molecule has 1 aliphatic rings.